The van der Waals surface area contributed by atoms with E-state index in [9.17, 15) is 13.6 Å². The maximum absolute atomic E-state index is 13.6. The number of aromatic nitrogens is 6. The van der Waals surface area contributed by atoms with Crippen LogP contribution in [0, 0.1) is 0 Å². The van der Waals surface area contributed by atoms with Crippen LogP contribution in [0.25, 0.3) is 16.8 Å². The van der Waals surface area contributed by atoms with Crippen LogP contribution in [0.5, 0.6) is 0 Å². The summed E-state index contributed by atoms with van der Waals surface area (Å²) in [5, 5.41) is 4.23. The molecule has 35 heavy (non-hydrogen) atoms. The number of aryl methyl sites for hydroxylation is 1. The van der Waals surface area contributed by atoms with Crippen LogP contribution in [0.1, 0.15) is 59.8 Å². The van der Waals surface area contributed by atoms with Gasteiger partial charge in [-0.05, 0) is 49.9 Å². The van der Waals surface area contributed by atoms with Gasteiger partial charge < -0.3 is 9.47 Å². The average molecular weight is 540 g/mol. The number of halogens is 2. The number of rotatable bonds is 3. The number of nitrogens with zero attached hydrogens (tertiary/aromatic N) is 7. The van der Waals surface area contributed by atoms with Gasteiger partial charge in [0.05, 0.1) is 23.1 Å². The number of hydrogen-bond donors (Lipinski definition) is 0. The molecule has 2 fully saturated rings. The van der Waals surface area contributed by atoms with E-state index in [0.29, 0.717) is 11.3 Å². The van der Waals surface area contributed by atoms with E-state index in [1.165, 1.54) is 16.9 Å². The quantitative estimate of drug-likeness (QED) is 0.395. The largest absolute Gasteiger partial charge is 0.334 e. The molecule has 188 valence electrons. The molecule has 13 heteroatoms. The summed E-state index contributed by atoms with van der Waals surface area (Å²) in [6.07, 6.45) is 3.72. The summed E-state index contributed by atoms with van der Waals surface area (Å²) in [4.78, 5) is 27.9. The number of hydrogen-bond acceptors (Lipinski definition) is 5. The van der Waals surface area contributed by atoms with Crippen molar-refractivity contribution in [3.8, 4) is 0 Å². The van der Waals surface area contributed by atoms with Crippen LogP contribution in [-0.2, 0) is 7.05 Å². The lowest BCUT2D eigenvalue weighted by Gasteiger charge is -2.40. The molecule has 0 radical (unpaired) electrons. The van der Waals surface area contributed by atoms with Crippen molar-refractivity contribution in [3.63, 3.8) is 0 Å². The zero-order valence-corrected chi connectivity index (χ0v) is 21.9. The van der Waals surface area contributed by atoms with Gasteiger partial charge in [-0.3, -0.25) is 4.79 Å². The van der Waals surface area contributed by atoms with Gasteiger partial charge in [-0.15, -0.1) is 0 Å². The highest BCUT2D eigenvalue weighted by Crippen LogP contribution is 2.45. The third-order valence-corrected chi connectivity index (χ3v) is 6.93. The molecule has 0 saturated carbocycles. The fourth-order valence-electron chi connectivity index (χ4n) is 5.46. The molecule has 2 bridgehead atoms. The Hall–Kier alpha value is -2.38. The summed E-state index contributed by atoms with van der Waals surface area (Å²) < 4.78 is 30.5. The molecule has 1 aromatic carbocycles. The van der Waals surface area contributed by atoms with Gasteiger partial charge in [0.15, 0.2) is 0 Å². The third-order valence-electron chi connectivity index (χ3n) is 6.93. The topological polar surface area (TPSA) is 81.2 Å². The van der Waals surface area contributed by atoms with Crippen LogP contribution >= 0.6 is 40.5 Å². The number of carbonyl (C=O) groups is 1. The normalized spacial score (nSPS) is 21.0. The molecular formula is C22H27F2N7OS3. The Morgan fingerprint density at radius 3 is 2.60 bits per heavy atom. The number of amides is 1. The Kier molecular flexibility index (Phi) is 8.02. The Morgan fingerprint density at radius 1 is 1.06 bits per heavy atom. The summed E-state index contributed by atoms with van der Waals surface area (Å²) in [5.41, 5.74) is 2.68. The SMILES string of the molecule is Cn1cnc2cc(C(=O)N3[C@H]4CC[C@H](c5cc(C(F)F)nc6ncnn56)[C@@H]3CC4)ccc21.S.S.S. The lowest BCUT2D eigenvalue weighted by Crippen LogP contribution is -2.47. The first-order valence-corrected chi connectivity index (χ1v) is 10.7. The Morgan fingerprint density at radius 2 is 1.83 bits per heavy atom. The van der Waals surface area contributed by atoms with Crippen molar-refractivity contribution < 1.29 is 13.6 Å². The van der Waals surface area contributed by atoms with Gasteiger partial charge >= 0.3 is 0 Å². The number of alkyl halides is 2. The van der Waals surface area contributed by atoms with Crippen molar-refractivity contribution in [1.82, 2.24) is 34.0 Å². The second-order valence-electron chi connectivity index (χ2n) is 8.63. The highest BCUT2D eigenvalue weighted by Gasteiger charge is 2.46. The molecule has 3 aromatic heterocycles. The van der Waals surface area contributed by atoms with Crippen LogP contribution < -0.4 is 0 Å². The summed E-state index contributed by atoms with van der Waals surface area (Å²) in [5.74, 6) is 0.0186. The zero-order chi connectivity index (χ0) is 22.0. The monoisotopic (exact) mass is 539 g/mol. The Labute approximate surface area is 221 Å². The molecule has 0 unspecified atom stereocenters. The fraction of sp³-hybridized carbons (Fsp3) is 0.409. The summed E-state index contributed by atoms with van der Waals surface area (Å²) in [6.45, 7) is 0. The number of fused-ring (bicyclic) bond motifs is 4. The summed E-state index contributed by atoms with van der Waals surface area (Å²) in [6, 6.07) is 7.09. The lowest BCUT2D eigenvalue weighted by molar-refractivity contribution is 0.0554. The molecule has 3 atom stereocenters. The van der Waals surface area contributed by atoms with E-state index in [0.717, 1.165) is 36.7 Å². The molecule has 0 spiro atoms. The van der Waals surface area contributed by atoms with Crippen LogP contribution in [0.15, 0.2) is 36.9 Å². The molecule has 2 aliphatic heterocycles. The molecule has 8 nitrogen and oxygen atoms in total. The maximum atomic E-state index is 13.6. The van der Waals surface area contributed by atoms with E-state index in [-0.39, 0.29) is 75.9 Å². The molecule has 0 aliphatic carbocycles. The smallest absolute Gasteiger partial charge is 0.280 e. The standard InChI is InChI=1S/C22H21F2N7O.3H2S/c1-29-11-26-15-8-12(2-6-18(15)29)21(32)30-13-3-5-14(17(30)7-4-13)19-9-16(20(23)24)28-22-25-10-27-31(19)22;;;/h2,6,8-11,13-14,17,20H,3-5,7H2,1H3;3*1H2/t13-,14-,17-;;;/m0.../s1. The minimum absolute atomic E-state index is 0. The predicted octanol–water partition coefficient (Wildman–Crippen LogP) is 3.84. The minimum atomic E-state index is -2.70. The minimum Gasteiger partial charge on any atom is -0.334 e. The van der Waals surface area contributed by atoms with Gasteiger partial charge in [0, 0.05) is 30.6 Å². The third kappa shape index (κ3) is 4.38. The van der Waals surface area contributed by atoms with Crippen molar-refractivity contribution in [2.24, 2.45) is 7.05 Å². The lowest BCUT2D eigenvalue weighted by atomic mass is 9.86. The first-order chi connectivity index (χ1) is 15.5. The molecule has 6 rings (SSSR count). The molecule has 2 saturated heterocycles. The number of piperidine rings is 1. The Bertz CT molecular complexity index is 1360. The molecule has 0 N–H and O–H groups in total. The van der Waals surface area contributed by atoms with Crippen molar-refractivity contribution in [2.75, 3.05) is 0 Å². The van der Waals surface area contributed by atoms with Crippen molar-refractivity contribution in [2.45, 2.75) is 50.1 Å². The number of carbonyl (C=O) groups excluding carboxylic acids is 1. The van der Waals surface area contributed by atoms with E-state index < -0.39 is 6.43 Å². The highest BCUT2D eigenvalue weighted by atomic mass is 32.1. The van der Waals surface area contributed by atoms with Crippen molar-refractivity contribution in [3.05, 3.63) is 53.9 Å². The number of benzene rings is 1. The fourth-order valence-corrected chi connectivity index (χ4v) is 5.46. The zero-order valence-electron chi connectivity index (χ0n) is 18.9. The average Bonchev–Trinajstić information content (AvgIpc) is 3.49. The summed E-state index contributed by atoms with van der Waals surface area (Å²) in [7, 11) is 1.92. The first-order valence-electron chi connectivity index (χ1n) is 10.7. The molecule has 5 heterocycles. The van der Waals surface area contributed by atoms with E-state index >= 15 is 0 Å². The van der Waals surface area contributed by atoms with E-state index in [2.05, 4.69) is 20.1 Å². The van der Waals surface area contributed by atoms with E-state index in [1.807, 2.05) is 34.7 Å². The van der Waals surface area contributed by atoms with Crippen LogP contribution in [-0.4, -0.2) is 52.0 Å². The van der Waals surface area contributed by atoms with Crippen LogP contribution in [0.2, 0.25) is 0 Å². The van der Waals surface area contributed by atoms with Gasteiger partial charge in [0.2, 0.25) is 0 Å². The van der Waals surface area contributed by atoms with Crippen molar-refractivity contribution >= 4 is 63.2 Å². The summed E-state index contributed by atoms with van der Waals surface area (Å²) >= 11 is 0. The molecule has 4 aromatic rings. The van der Waals surface area contributed by atoms with Gasteiger partial charge in [0.25, 0.3) is 18.1 Å². The molecule has 2 aliphatic rings. The van der Waals surface area contributed by atoms with Gasteiger partial charge in [-0.25, -0.2) is 23.3 Å². The second-order valence-corrected chi connectivity index (χ2v) is 8.63. The predicted molar refractivity (Wildman–Crippen MR) is 143 cm³/mol. The van der Waals surface area contributed by atoms with Gasteiger partial charge in [-0.1, -0.05) is 0 Å². The van der Waals surface area contributed by atoms with E-state index in [1.54, 1.807) is 6.33 Å². The van der Waals surface area contributed by atoms with Crippen LogP contribution in [0.4, 0.5) is 8.78 Å². The maximum Gasteiger partial charge on any atom is 0.280 e. The molecular weight excluding hydrogens is 512 g/mol. The van der Waals surface area contributed by atoms with E-state index in [4.69, 9.17) is 0 Å². The van der Waals surface area contributed by atoms with Crippen LogP contribution in [0.3, 0.4) is 0 Å². The molecule has 1 amide bonds. The number of imidazole rings is 1. The van der Waals surface area contributed by atoms with Crippen molar-refractivity contribution in [1.29, 1.82) is 0 Å². The highest BCUT2D eigenvalue weighted by molar-refractivity contribution is 7.59. The van der Waals surface area contributed by atoms with Gasteiger partial charge in [0.1, 0.15) is 12.0 Å². The van der Waals surface area contributed by atoms with Gasteiger partial charge in [-0.2, -0.15) is 50.6 Å². The Balaban J connectivity index is 0.00000114. The first kappa shape index (κ1) is 27.2. The second kappa shape index (κ2) is 10.3.